The van der Waals surface area contributed by atoms with Crippen LogP contribution in [0.4, 0.5) is 5.82 Å². The first-order valence-corrected chi connectivity index (χ1v) is 6.56. The third-order valence-electron chi connectivity index (χ3n) is 2.50. The van der Waals surface area contributed by atoms with Crippen molar-refractivity contribution in [3.05, 3.63) is 47.6 Å². The number of allylic oxidation sites excluding steroid dienone is 4. The molecule has 0 aliphatic carbocycles. The van der Waals surface area contributed by atoms with Gasteiger partial charge in [-0.15, -0.1) is 11.3 Å². The summed E-state index contributed by atoms with van der Waals surface area (Å²) in [6.07, 6.45) is 7.69. The van der Waals surface area contributed by atoms with E-state index in [1.165, 1.54) is 0 Å². The molecule has 0 amide bonds. The molecule has 0 aliphatic heterocycles. The number of anilines is 1. The van der Waals surface area contributed by atoms with Crippen LogP contribution in [0.25, 0.3) is 16.1 Å². The van der Waals surface area contributed by atoms with Gasteiger partial charge >= 0.3 is 0 Å². The van der Waals surface area contributed by atoms with Gasteiger partial charge in [0, 0.05) is 0 Å². The van der Waals surface area contributed by atoms with Crippen LogP contribution in [0.3, 0.4) is 0 Å². The second-order valence-electron chi connectivity index (χ2n) is 3.84. The van der Waals surface area contributed by atoms with Crippen LogP contribution in [0.1, 0.15) is 19.5 Å². The first kappa shape index (κ1) is 12.5. The molecule has 2 aromatic rings. The quantitative estimate of drug-likeness (QED) is 0.852. The van der Waals surface area contributed by atoms with Gasteiger partial charge in [0.2, 0.25) is 0 Å². The normalized spacial score (nSPS) is 12.2. The summed E-state index contributed by atoms with van der Waals surface area (Å²) >= 11 is 1.61. The molecule has 92 valence electrons. The predicted octanol–water partition coefficient (Wildman–Crippen LogP) is 3.77. The van der Waals surface area contributed by atoms with Gasteiger partial charge in [0.05, 0.1) is 16.8 Å². The van der Waals surface area contributed by atoms with Crippen molar-refractivity contribution >= 4 is 22.7 Å². The van der Waals surface area contributed by atoms with Crippen molar-refractivity contribution in [3.63, 3.8) is 0 Å². The molecule has 0 spiro atoms. The summed E-state index contributed by atoms with van der Waals surface area (Å²) in [7, 11) is 0. The maximum Gasteiger partial charge on any atom is 0.150 e. The Kier molecular flexibility index (Phi) is 3.89. The fourth-order valence-electron chi connectivity index (χ4n) is 1.51. The predicted molar refractivity (Wildman–Crippen MR) is 78.2 cm³/mol. The van der Waals surface area contributed by atoms with Crippen molar-refractivity contribution in [1.82, 2.24) is 9.97 Å². The first-order chi connectivity index (χ1) is 8.72. The lowest BCUT2D eigenvalue weighted by atomic mass is 10.2. The molecule has 0 bridgehead atoms. The van der Waals surface area contributed by atoms with Gasteiger partial charge in [0.25, 0.3) is 0 Å². The Hall–Kier alpha value is -1.94. The van der Waals surface area contributed by atoms with Crippen molar-refractivity contribution in [1.29, 1.82) is 0 Å². The average molecular weight is 257 g/mol. The summed E-state index contributed by atoms with van der Waals surface area (Å²) in [5.41, 5.74) is 8.56. The van der Waals surface area contributed by atoms with Crippen molar-refractivity contribution < 1.29 is 0 Å². The Morgan fingerprint density at radius 2 is 2.28 bits per heavy atom. The number of thiophene rings is 1. The summed E-state index contributed by atoms with van der Waals surface area (Å²) in [4.78, 5) is 9.85. The maximum absolute atomic E-state index is 5.88. The summed E-state index contributed by atoms with van der Waals surface area (Å²) in [6.45, 7) is 3.99. The van der Waals surface area contributed by atoms with E-state index in [1.54, 1.807) is 17.5 Å². The molecule has 0 saturated heterocycles. The molecule has 2 aromatic heterocycles. The monoisotopic (exact) mass is 257 g/mol. The van der Waals surface area contributed by atoms with Crippen molar-refractivity contribution in [2.24, 2.45) is 0 Å². The average Bonchev–Trinajstić information content (AvgIpc) is 2.90. The van der Waals surface area contributed by atoms with E-state index in [1.807, 2.05) is 49.6 Å². The van der Waals surface area contributed by atoms with E-state index in [2.05, 4.69) is 9.97 Å². The summed E-state index contributed by atoms with van der Waals surface area (Å²) < 4.78 is 0. The van der Waals surface area contributed by atoms with E-state index in [-0.39, 0.29) is 0 Å². The number of nitrogens with zero attached hydrogens (tertiary/aromatic N) is 2. The van der Waals surface area contributed by atoms with Crippen LogP contribution in [0.15, 0.2) is 41.9 Å². The van der Waals surface area contributed by atoms with E-state index in [0.717, 1.165) is 21.8 Å². The van der Waals surface area contributed by atoms with Gasteiger partial charge in [0.1, 0.15) is 5.69 Å². The van der Waals surface area contributed by atoms with Gasteiger partial charge < -0.3 is 5.73 Å². The number of nitrogen functional groups attached to an aromatic ring is 1. The van der Waals surface area contributed by atoms with Gasteiger partial charge in [-0.3, -0.25) is 0 Å². The summed E-state index contributed by atoms with van der Waals surface area (Å²) in [5, 5.41) is 2.01. The molecule has 0 aromatic carbocycles. The van der Waals surface area contributed by atoms with Crippen LogP contribution in [0, 0.1) is 0 Å². The van der Waals surface area contributed by atoms with Gasteiger partial charge in [0.15, 0.2) is 5.82 Å². The fraction of sp³-hybridized carbons (Fsp3) is 0.143. The zero-order valence-corrected chi connectivity index (χ0v) is 11.2. The molecule has 0 radical (unpaired) electrons. The second kappa shape index (κ2) is 5.60. The second-order valence-corrected chi connectivity index (χ2v) is 4.79. The van der Waals surface area contributed by atoms with Crippen molar-refractivity contribution in [3.8, 4) is 10.6 Å². The molecule has 0 aliphatic rings. The SMILES string of the molecule is C/C=C\C=C(/C)c1cnc(N)c(-c2cccs2)n1. The fourth-order valence-corrected chi connectivity index (χ4v) is 2.23. The molecular weight excluding hydrogens is 242 g/mol. The highest BCUT2D eigenvalue weighted by Crippen LogP contribution is 2.27. The topological polar surface area (TPSA) is 51.8 Å². The lowest BCUT2D eigenvalue weighted by Crippen LogP contribution is -1.99. The summed E-state index contributed by atoms with van der Waals surface area (Å²) in [6, 6.07) is 3.98. The zero-order valence-electron chi connectivity index (χ0n) is 10.4. The lowest BCUT2D eigenvalue weighted by molar-refractivity contribution is 1.18. The number of hydrogen-bond donors (Lipinski definition) is 1. The minimum atomic E-state index is 0.472. The van der Waals surface area contributed by atoms with Crippen LogP contribution < -0.4 is 5.73 Å². The van der Waals surface area contributed by atoms with E-state index < -0.39 is 0 Å². The highest BCUT2D eigenvalue weighted by Gasteiger charge is 2.08. The van der Waals surface area contributed by atoms with Crippen molar-refractivity contribution in [2.75, 3.05) is 5.73 Å². The third-order valence-corrected chi connectivity index (χ3v) is 3.37. The number of nitrogens with two attached hydrogens (primary N) is 1. The number of rotatable bonds is 3. The van der Waals surface area contributed by atoms with Crippen LogP contribution in [0.2, 0.25) is 0 Å². The number of aromatic nitrogens is 2. The van der Waals surface area contributed by atoms with Gasteiger partial charge in [-0.05, 0) is 30.9 Å². The minimum absolute atomic E-state index is 0.472. The maximum atomic E-state index is 5.88. The van der Waals surface area contributed by atoms with E-state index in [9.17, 15) is 0 Å². The summed E-state index contributed by atoms with van der Waals surface area (Å²) in [5.74, 6) is 0.472. The molecule has 18 heavy (non-hydrogen) atoms. The molecule has 2 N–H and O–H groups in total. The van der Waals surface area contributed by atoms with E-state index >= 15 is 0 Å². The Morgan fingerprint density at radius 1 is 1.44 bits per heavy atom. The van der Waals surface area contributed by atoms with E-state index in [4.69, 9.17) is 5.73 Å². The molecule has 2 rings (SSSR count). The molecule has 0 atom stereocenters. The van der Waals surface area contributed by atoms with Crippen LogP contribution in [-0.2, 0) is 0 Å². The molecular formula is C14H15N3S. The number of hydrogen-bond acceptors (Lipinski definition) is 4. The molecule has 0 fully saturated rings. The molecule has 2 heterocycles. The van der Waals surface area contributed by atoms with Gasteiger partial charge in [-0.2, -0.15) is 0 Å². The van der Waals surface area contributed by atoms with E-state index in [0.29, 0.717) is 5.82 Å². The van der Waals surface area contributed by atoms with Gasteiger partial charge in [-0.1, -0.05) is 24.3 Å². The van der Waals surface area contributed by atoms with Gasteiger partial charge in [-0.25, -0.2) is 9.97 Å². The highest BCUT2D eigenvalue weighted by molar-refractivity contribution is 7.13. The van der Waals surface area contributed by atoms with Crippen LogP contribution >= 0.6 is 11.3 Å². The minimum Gasteiger partial charge on any atom is -0.382 e. The highest BCUT2D eigenvalue weighted by atomic mass is 32.1. The molecule has 4 heteroatoms. The smallest absolute Gasteiger partial charge is 0.150 e. The molecule has 0 saturated carbocycles. The first-order valence-electron chi connectivity index (χ1n) is 5.68. The third kappa shape index (κ3) is 2.65. The largest absolute Gasteiger partial charge is 0.382 e. The Bertz CT molecular complexity index is 583. The van der Waals surface area contributed by atoms with Crippen LogP contribution in [0.5, 0.6) is 0 Å². The molecule has 0 unspecified atom stereocenters. The zero-order chi connectivity index (χ0) is 13.0. The van der Waals surface area contributed by atoms with Crippen LogP contribution in [-0.4, -0.2) is 9.97 Å². The standard InChI is InChI=1S/C14H15N3S/c1-3-4-6-10(2)11-9-16-14(15)13(17-11)12-7-5-8-18-12/h3-9H,1-2H3,(H2,15,16)/b4-3-,10-6+. The van der Waals surface area contributed by atoms with Crippen molar-refractivity contribution in [2.45, 2.75) is 13.8 Å². The Balaban J connectivity index is 2.44. The molecule has 3 nitrogen and oxygen atoms in total. The Labute approximate surface area is 111 Å². The Morgan fingerprint density at radius 3 is 2.94 bits per heavy atom. The lowest BCUT2D eigenvalue weighted by Gasteiger charge is -2.05.